The predicted octanol–water partition coefficient (Wildman–Crippen LogP) is 4.14. The summed E-state index contributed by atoms with van der Waals surface area (Å²) in [5.74, 6) is 0.798. The SMILES string of the molecule is Cc1ccc(NC(=O)CSc2nnc(-c3ccco3)c(-c3ccco3)n2)c(O)c1. The summed E-state index contributed by atoms with van der Waals surface area (Å²) in [5, 5.41) is 21.2. The van der Waals surface area contributed by atoms with E-state index in [1.54, 1.807) is 42.5 Å². The van der Waals surface area contributed by atoms with Crippen molar-refractivity contribution in [3.8, 4) is 28.7 Å². The number of hydrogen-bond donors (Lipinski definition) is 2. The molecule has 1 aromatic carbocycles. The Morgan fingerprint density at radius 2 is 1.79 bits per heavy atom. The summed E-state index contributed by atoms with van der Waals surface area (Å²) in [5.41, 5.74) is 2.17. The number of carbonyl (C=O) groups is 1. The van der Waals surface area contributed by atoms with Crippen LogP contribution in [0.3, 0.4) is 0 Å². The van der Waals surface area contributed by atoms with Gasteiger partial charge in [0, 0.05) is 0 Å². The van der Waals surface area contributed by atoms with E-state index in [1.165, 1.54) is 12.5 Å². The van der Waals surface area contributed by atoms with E-state index in [2.05, 4.69) is 20.5 Å². The molecular formula is C20H16N4O4S. The number of benzene rings is 1. The molecule has 9 heteroatoms. The van der Waals surface area contributed by atoms with Gasteiger partial charge in [0.05, 0.1) is 24.0 Å². The molecular weight excluding hydrogens is 392 g/mol. The highest BCUT2D eigenvalue weighted by atomic mass is 32.2. The lowest BCUT2D eigenvalue weighted by molar-refractivity contribution is -0.113. The smallest absolute Gasteiger partial charge is 0.234 e. The minimum absolute atomic E-state index is 0.0178. The molecule has 146 valence electrons. The number of rotatable bonds is 6. The molecule has 0 bridgehead atoms. The first-order chi connectivity index (χ1) is 14.1. The van der Waals surface area contributed by atoms with Crippen molar-refractivity contribution >= 4 is 23.4 Å². The normalized spacial score (nSPS) is 10.8. The minimum atomic E-state index is -0.299. The van der Waals surface area contributed by atoms with Gasteiger partial charge in [0.25, 0.3) is 0 Å². The van der Waals surface area contributed by atoms with Gasteiger partial charge in [-0.3, -0.25) is 4.79 Å². The third-order valence-electron chi connectivity index (χ3n) is 3.94. The fraction of sp³-hybridized carbons (Fsp3) is 0.100. The summed E-state index contributed by atoms with van der Waals surface area (Å²) in [6.45, 7) is 1.86. The highest BCUT2D eigenvalue weighted by Crippen LogP contribution is 2.30. The molecule has 0 spiro atoms. The Bertz CT molecular complexity index is 1130. The van der Waals surface area contributed by atoms with Crippen LogP contribution in [0.25, 0.3) is 22.9 Å². The molecule has 4 rings (SSSR count). The maximum Gasteiger partial charge on any atom is 0.234 e. The van der Waals surface area contributed by atoms with E-state index in [0.29, 0.717) is 33.8 Å². The zero-order valence-corrected chi connectivity index (χ0v) is 16.1. The minimum Gasteiger partial charge on any atom is -0.506 e. The molecule has 0 radical (unpaired) electrons. The van der Waals surface area contributed by atoms with Gasteiger partial charge >= 0.3 is 0 Å². The topological polar surface area (TPSA) is 114 Å². The highest BCUT2D eigenvalue weighted by molar-refractivity contribution is 7.99. The number of amides is 1. The number of aryl methyl sites for hydroxylation is 1. The lowest BCUT2D eigenvalue weighted by Crippen LogP contribution is -2.14. The lowest BCUT2D eigenvalue weighted by atomic mass is 10.2. The van der Waals surface area contributed by atoms with E-state index >= 15 is 0 Å². The molecule has 0 aliphatic carbocycles. The summed E-state index contributed by atoms with van der Waals surface area (Å²) in [4.78, 5) is 16.7. The maximum absolute atomic E-state index is 12.2. The molecule has 0 fully saturated rings. The van der Waals surface area contributed by atoms with Crippen LogP contribution in [0, 0.1) is 6.92 Å². The van der Waals surface area contributed by atoms with Crippen molar-refractivity contribution in [2.45, 2.75) is 12.1 Å². The second kappa shape index (κ2) is 8.19. The van der Waals surface area contributed by atoms with Crippen LogP contribution in [0.1, 0.15) is 5.56 Å². The number of thioether (sulfide) groups is 1. The largest absolute Gasteiger partial charge is 0.506 e. The first-order valence-electron chi connectivity index (χ1n) is 8.65. The molecule has 3 heterocycles. The molecule has 0 aliphatic heterocycles. The van der Waals surface area contributed by atoms with Crippen molar-refractivity contribution in [1.29, 1.82) is 0 Å². The summed E-state index contributed by atoms with van der Waals surface area (Å²) in [6, 6.07) is 12.0. The third-order valence-corrected chi connectivity index (χ3v) is 4.77. The van der Waals surface area contributed by atoms with Crippen molar-refractivity contribution in [1.82, 2.24) is 15.2 Å². The second-order valence-corrected chi connectivity index (χ2v) is 7.05. The molecule has 3 aromatic heterocycles. The summed E-state index contributed by atoms with van der Waals surface area (Å²) in [7, 11) is 0. The van der Waals surface area contributed by atoms with Crippen molar-refractivity contribution in [3.63, 3.8) is 0 Å². The number of hydrogen-bond acceptors (Lipinski definition) is 8. The van der Waals surface area contributed by atoms with Crippen LogP contribution in [0.4, 0.5) is 5.69 Å². The van der Waals surface area contributed by atoms with Crippen molar-refractivity contribution < 1.29 is 18.7 Å². The van der Waals surface area contributed by atoms with E-state index in [1.807, 2.05) is 6.92 Å². The maximum atomic E-state index is 12.2. The van der Waals surface area contributed by atoms with E-state index in [-0.39, 0.29) is 17.4 Å². The van der Waals surface area contributed by atoms with Gasteiger partial charge in [-0.1, -0.05) is 17.8 Å². The number of furan rings is 2. The van der Waals surface area contributed by atoms with Crippen LogP contribution >= 0.6 is 11.8 Å². The van der Waals surface area contributed by atoms with Crippen molar-refractivity contribution in [3.05, 3.63) is 60.6 Å². The Kier molecular flexibility index (Phi) is 5.30. The van der Waals surface area contributed by atoms with Gasteiger partial charge < -0.3 is 19.3 Å². The molecule has 29 heavy (non-hydrogen) atoms. The Hall–Kier alpha value is -3.59. The molecule has 0 aliphatic rings. The molecule has 2 N–H and O–H groups in total. The number of nitrogens with zero attached hydrogens (tertiary/aromatic N) is 3. The Balaban J connectivity index is 1.50. The van der Waals surface area contributed by atoms with Gasteiger partial charge in [0.2, 0.25) is 11.1 Å². The van der Waals surface area contributed by atoms with Gasteiger partial charge in [-0.15, -0.1) is 10.2 Å². The van der Waals surface area contributed by atoms with Crippen molar-refractivity contribution in [2.24, 2.45) is 0 Å². The molecule has 0 unspecified atom stereocenters. The zero-order valence-electron chi connectivity index (χ0n) is 15.3. The Morgan fingerprint density at radius 1 is 1.07 bits per heavy atom. The van der Waals surface area contributed by atoms with E-state index in [9.17, 15) is 9.90 Å². The average molecular weight is 408 g/mol. The number of nitrogens with one attached hydrogen (secondary N) is 1. The van der Waals surface area contributed by atoms with Crippen LogP contribution in [0.15, 0.2) is 69.0 Å². The standard InChI is InChI=1S/C20H16N4O4S/c1-12-6-7-13(14(25)10-12)21-17(26)11-29-20-22-18(15-4-2-8-27-15)19(23-24-20)16-5-3-9-28-16/h2-10,25H,11H2,1H3,(H,21,26). The molecule has 1 amide bonds. The Morgan fingerprint density at radius 3 is 2.45 bits per heavy atom. The number of phenols is 1. The first kappa shape index (κ1) is 18.8. The van der Waals surface area contributed by atoms with Crippen LogP contribution in [-0.4, -0.2) is 31.9 Å². The summed E-state index contributed by atoms with van der Waals surface area (Å²) < 4.78 is 10.9. The molecule has 0 saturated heterocycles. The van der Waals surface area contributed by atoms with Gasteiger partial charge in [-0.05, 0) is 48.9 Å². The van der Waals surface area contributed by atoms with Crippen LogP contribution in [-0.2, 0) is 4.79 Å². The number of phenolic OH excluding ortho intramolecular Hbond substituents is 1. The Labute approximate surface area is 170 Å². The van der Waals surface area contributed by atoms with Gasteiger partial charge in [0.1, 0.15) is 11.4 Å². The molecule has 4 aromatic rings. The van der Waals surface area contributed by atoms with E-state index in [0.717, 1.165) is 17.3 Å². The quantitative estimate of drug-likeness (QED) is 0.361. The lowest BCUT2D eigenvalue weighted by Gasteiger charge is -2.08. The zero-order chi connectivity index (χ0) is 20.2. The monoisotopic (exact) mass is 408 g/mol. The highest BCUT2D eigenvalue weighted by Gasteiger charge is 2.18. The number of aromatic hydroxyl groups is 1. The van der Waals surface area contributed by atoms with Gasteiger partial charge in [-0.2, -0.15) is 0 Å². The van der Waals surface area contributed by atoms with Gasteiger partial charge in [0.15, 0.2) is 17.2 Å². The average Bonchev–Trinajstić information content (AvgIpc) is 3.42. The van der Waals surface area contributed by atoms with Crippen LogP contribution < -0.4 is 5.32 Å². The fourth-order valence-electron chi connectivity index (χ4n) is 2.60. The predicted molar refractivity (Wildman–Crippen MR) is 107 cm³/mol. The fourth-order valence-corrected chi connectivity index (χ4v) is 3.19. The number of anilines is 1. The van der Waals surface area contributed by atoms with E-state index in [4.69, 9.17) is 8.83 Å². The molecule has 8 nitrogen and oxygen atoms in total. The van der Waals surface area contributed by atoms with Gasteiger partial charge in [-0.25, -0.2) is 4.98 Å². The van der Waals surface area contributed by atoms with Crippen LogP contribution in [0.5, 0.6) is 5.75 Å². The van der Waals surface area contributed by atoms with Crippen molar-refractivity contribution in [2.75, 3.05) is 11.1 Å². The number of aromatic nitrogens is 3. The summed E-state index contributed by atoms with van der Waals surface area (Å²) >= 11 is 1.12. The van der Waals surface area contributed by atoms with E-state index < -0.39 is 0 Å². The third kappa shape index (κ3) is 4.30. The molecule has 0 saturated carbocycles. The summed E-state index contributed by atoms with van der Waals surface area (Å²) in [6.07, 6.45) is 3.08. The van der Waals surface area contributed by atoms with Crippen LogP contribution in [0.2, 0.25) is 0 Å². The second-order valence-electron chi connectivity index (χ2n) is 6.10. The number of carbonyl (C=O) groups excluding carboxylic acids is 1. The first-order valence-corrected chi connectivity index (χ1v) is 9.63. The molecule has 0 atom stereocenters.